The van der Waals surface area contributed by atoms with E-state index in [9.17, 15) is 4.21 Å². The van der Waals surface area contributed by atoms with Crippen LogP contribution in [0.5, 0.6) is 0 Å². The molecule has 2 aromatic rings. The van der Waals surface area contributed by atoms with Crippen molar-refractivity contribution in [1.82, 2.24) is 20.2 Å². The van der Waals surface area contributed by atoms with E-state index in [4.69, 9.17) is 5.73 Å². The van der Waals surface area contributed by atoms with Crippen molar-refractivity contribution in [2.45, 2.75) is 26.3 Å². The Morgan fingerprint density at radius 2 is 2.19 bits per heavy atom. The van der Waals surface area contributed by atoms with Crippen LogP contribution < -0.4 is 5.73 Å². The van der Waals surface area contributed by atoms with Crippen LogP contribution in [0.2, 0.25) is 0 Å². The summed E-state index contributed by atoms with van der Waals surface area (Å²) in [6, 6.07) is 3.88. The third kappa shape index (κ3) is 3.68. The summed E-state index contributed by atoms with van der Waals surface area (Å²) in [5.74, 6) is 1.30. The fraction of sp³-hybridized carbons (Fsp3) is 0.462. The van der Waals surface area contributed by atoms with Crippen molar-refractivity contribution >= 4 is 32.4 Å². The van der Waals surface area contributed by atoms with Crippen LogP contribution in [-0.4, -0.2) is 36.4 Å². The van der Waals surface area contributed by atoms with Crippen molar-refractivity contribution in [2.24, 2.45) is 0 Å². The summed E-state index contributed by atoms with van der Waals surface area (Å²) in [6.07, 6.45) is 2.45. The average Bonchev–Trinajstić information content (AvgIpc) is 2.89. The van der Waals surface area contributed by atoms with E-state index in [1.807, 2.05) is 26.0 Å². The molecule has 0 bridgehead atoms. The Labute approximate surface area is 134 Å². The largest absolute Gasteiger partial charge is 0.398 e. The predicted octanol–water partition coefficient (Wildman–Crippen LogP) is 2.32. The molecule has 0 aliphatic rings. The van der Waals surface area contributed by atoms with Gasteiger partial charge in [-0.15, -0.1) is 5.10 Å². The lowest BCUT2D eigenvalue weighted by Crippen LogP contribution is -2.12. The predicted molar refractivity (Wildman–Crippen MR) is 88.4 cm³/mol. The highest BCUT2D eigenvalue weighted by atomic mass is 79.9. The Morgan fingerprint density at radius 1 is 1.48 bits per heavy atom. The monoisotopic (exact) mass is 371 g/mol. The summed E-state index contributed by atoms with van der Waals surface area (Å²) in [7, 11) is -0.820. The fourth-order valence-corrected chi connectivity index (χ4v) is 3.21. The molecule has 0 saturated heterocycles. The Hall–Kier alpha value is -1.28. The molecule has 1 aromatic carbocycles. The molecule has 0 aliphatic heterocycles. The van der Waals surface area contributed by atoms with Gasteiger partial charge in [-0.2, -0.15) is 0 Å². The summed E-state index contributed by atoms with van der Waals surface area (Å²) in [5, 5.41) is 12.0. The van der Waals surface area contributed by atoms with Gasteiger partial charge in [0.1, 0.15) is 0 Å². The second kappa shape index (κ2) is 6.65. The van der Waals surface area contributed by atoms with E-state index in [1.165, 1.54) is 0 Å². The first-order valence-corrected chi connectivity index (χ1v) is 9.06. The Kier molecular flexibility index (Phi) is 5.10. The van der Waals surface area contributed by atoms with E-state index in [0.29, 0.717) is 17.3 Å². The number of hydrogen-bond acceptors (Lipinski definition) is 5. The number of aromatic nitrogens is 4. The smallest absolute Gasteiger partial charge is 0.182 e. The zero-order valence-electron chi connectivity index (χ0n) is 12.2. The number of hydrogen-bond donors (Lipinski definition) is 1. The van der Waals surface area contributed by atoms with Gasteiger partial charge in [-0.05, 0) is 48.4 Å². The van der Waals surface area contributed by atoms with Crippen molar-refractivity contribution in [1.29, 1.82) is 0 Å². The molecule has 21 heavy (non-hydrogen) atoms. The number of anilines is 1. The molecule has 0 radical (unpaired) electrons. The van der Waals surface area contributed by atoms with Gasteiger partial charge in [0.15, 0.2) is 5.82 Å². The number of halogens is 1. The Morgan fingerprint density at radius 3 is 2.86 bits per heavy atom. The maximum Gasteiger partial charge on any atom is 0.182 e. The topological polar surface area (TPSA) is 86.7 Å². The number of nitrogens with zero attached hydrogens (tertiary/aromatic N) is 4. The Bertz CT molecular complexity index is 673. The fourth-order valence-electron chi connectivity index (χ4n) is 2.06. The van der Waals surface area contributed by atoms with Crippen molar-refractivity contribution in [2.75, 3.05) is 17.7 Å². The van der Waals surface area contributed by atoms with E-state index in [-0.39, 0.29) is 6.04 Å². The van der Waals surface area contributed by atoms with Gasteiger partial charge in [-0.25, -0.2) is 4.68 Å². The maximum atomic E-state index is 11.2. The van der Waals surface area contributed by atoms with Crippen LogP contribution in [0.3, 0.4) is 0 Å². The minimum absolute atomic E-state index is 0.0681. The van der Waals surface area contributed by atoms with Crippen molar-refractivity contribution in [3.05, 3.63) is 22.2 Å². The van der Waals surface area contributed by atoms with Crippen molar-refractivity contribution in [3.8, 4) is 11.4 Å². The second-order valence-corrected chi connectivity index (χ2v) is 7.50. The third-order valence-electron chi connectivity index (χ3n) is 3.39. The molecule has 0 fully saturated rings. The van der Waals surface area contributed by atoms with Gasteiger partial charge in [-0.1, -0.05) is 15.9 Å². The average molecular weight is 372 g/mol. The quantitative estimate of drug-likeness (QED) is 0.814. The highest BCUT2D eigenvalue weighted by Crippen LogP contribution is 2.30. The molecule has 8 heteroatoms. The molecule has 114 valence electrons. The minimum Gasteiger partial charge on any atom is -0.398 e. The molecule has 1 aromatic heterocycles. The maximum absolute atomic E-state index is 11.2. The molecule has 0 saturated carbocycles. The van der Waals surface area contributed by atoms with Gasteiger partial charge in [0.25, 0.3) is 0 Å². The molecule has 0 spiro atoms. The van der Waals surface area contributed by atoms with Crippen LogP contribution in [0.1, 0.15) is 24.9 Å². The minimum atomic E-state index is -0.820. The lowest BCUT2D eigenvalue weighted by Gasteiger charge is -2.14. The molecule has 0 amide bonds. The zero-order chi connectivity index (χ0) is 15.6. The number of rotatable bonds is 5. The lowest BCUT2D eigenvalue weighted by atomic mass is 10.1. The highest BCUT2D eigenvalue weighted by Gasteiger charge is 2.18. The number of benzene rings is 1. The molecule has 1 heterocycles. The number of nitrogen functional groups attached to an aromatic ring is 1. The van der Waals surface area contributed by atoms with E-state index in [1.54, 1.807) is 10.9 Å². The van der Waals surface area contributed by atoms with Crippen LogP contribution in [-0.2, 0) is 10.8 Å². The molecule has 2 rings (SSSR count). The Balaban J connectivity index is 2.39. The molecule has 0 aliphatic carbocycles. The van der Waals surface area contributed by atoms with Crippen molar-refractivity contribution < 1.29 is 4.21 Å². The SMILES string of the molecule is Cc1c(N)cc(Br)cc1-c1nnnn1C(C)CCS(C)=O. The zero-order valence-corrected chi connectivity index (χ0v) is 14.6. The van der Waals surface area contributed by atoms with Crippen LogP contribution in [0.4, 0.5) is 5.69 Å². The summed E-state index contributed by atoms with van der Waals surface area (Å²) >= 11 is 3.45. The van der Waals surface area contributed by atoms with Gasteiger partial charge in [0, 0.05) is 38.5 Å². The van der Waals surface area contributed by atoms with E-state index >= 15 is 0 Å². The third-order valence-corrected chi connectivity index (χ3v) is 4.66. The molecule has 2 unspecified atom stereocenters. The molecule has 2 N–H and O–H groups in total. The van der Waals surface area contributed by atoms with Gasteiger partial charge in [0.05, 0.1) is 6.04 Å². The molecular weight excluding hydrogens is 354 g/mol. The van der Waals surface area contributed by atoms with E-state index < -0.39 is 10.8 Å². The van der Waals surface area contributed by atoms with Gasteiger partial charge >= 0.3 is 0 Å². The normalized spacial score (nSPS) is 14.1. The van der Waals surface area contributed by atoms with Crippen LogP contribution in [0.15, 0.2) is 16.6 Å². The van der Waals surface area contributed by atoms with Gasteiger partial charge < -0.3 is 5.73 Å². The summed E-state index contributed by atoms with van der Waals surface area (Å²) < 4.78 is 13.9. The number of tetrazole rings is 1. The standard InChI is InChI=1S/C13H18BrN5OS/c1-8(4-5-21(3)20)19-13(16-17-18-19)11-6-10(14)7-12(15)9(11)2/h6-8H,4-5,15H2,1-3H3. The first-order chi connectivity index (χ1) is 9.90. The summed E-state index contributed by atoms with van der Waals surface area (Å²) in [4.78, 5) is 0. The van der Waals surface area contributed by atoms with Gasteiger partial charge in [0.2, 0.25) is 0 Å². The summed E-state index contributed by atoms with van der Waals surface area (Å²) in [6.45, 7) is 3.96. The second-order valence-electron chi connectivity index (χ2n) is 5.03. The molecule has 6 nitrogen and oxygen atoms in total. The summed E-state index contributed by atoms with van der Waals surface area (Å²) in [5.41, 5.74) is 8.54. The number of nitrogens with two attached hydrogens (primary N) is 1. The molecule has 2 atom stereocenters. The highest BCUT2D eigenvalue weighted by molar-refractivity contribution is 9.10. The van der Waals surface area contributed by atoms with Crippen LogP contribution in [0.25, 0.3) is 11.4 Å². The first kappa shape index (κ1) is 16.1. The molecular formula is C13H18BrN5OS. The van der Waals surface area contributed by atoms with E-state index in [0.717, 1.165) is 22.0 Å². The lowest BCUT2D eigenvalue weighted by molar-refractivity contribution is 0.470. The van der Waals surface area contributed by atoms with Gasteiger partial charge in [-0.3, -0.25) is 4.21 Å². The van der Waals surface area contributed by atoms with Crippen molar-refractivity contribution in [3.63, 3.8) is 0 Å². The van der Waals surface area contributed by atoms with Crippen LogP contribution >= 0.6 is 15.9 Å². The first-order valence-electron chi connectivity index (χ1n) is 6.54. The van der Waals surface area contributed by atoms with Crippen LogP contribution in [0, 0.1) is 6.92 Å². The van der Waals surface area contributed by atoms with E-state index in [2.05, 4.69) is 31.5 Å².